The van der Waals surface area contributed by atoms with Crippen LogP contribution in [0.15, 0.2) is 23.8 Å². The molecule has 5 nitrogen and oxygen atoms in total. The van der Waals surface area contributed by atoms with E-state index in [2.05, 4.69) is 0 Å². The number of ketones is 1. The lowest BCUT2D eigenvalue weighted by atomic mass is 9.44. The minimum atomic E-state index is -2.14. The number of aliphatic hydroxyl groups is 1. The maximum atomic E-state index is 17.0. The number of hydrogen-bond acceptors (Lipinski definition) is 5. The Morgan fingerprint density at radius 3 is 2.59 bits per heavy atom. The smallest absolute Gasteiger partial charge is 0.341 e. The molecule has 158 valence electrons. The van der Waals surface area contributed by atoms with Gasteiger partial charge in [0.2, 0.25) is 0 Å². The van der Waals surface area contributed by atoms with Crippen LogP contribution in [0.3, 0.4) is 0 Å². The van der Waals surface area contributed by atoms with Crippen molar-refractivity contribution in [3.8, 4) is 0 Å². The molecule has 1 heterocycles. The summed E-state index contributed by atoms with van der Waals surface area (Å²) in [6, 6.07) is 0. The molecule has 4 aliphatic carbocycles. The number of carbonyl (C=O) groups is 2. The molecule has 0 amide bonds. The molecule has 1 saturated heterocycles. The van der Waals surface area contributed by atoms with E-state index in [-0.39, 0.29) is 42.8 Å². The van der Waals surface area contributed by atoms with Crippen molar-refractivity contribution >= 4 is 11.8 Å². The summed E-state index contributed by atoms with van der Waals surface area (Å²) in [4.78, 5) is 24.6. The molecule has 4 fully saturated rings. The summed E-state index contributed by atoms with van der Waals surface area (Å²) in [7, 11) is 0. The molecular formula is C22H26F2O5. The van der Waals surface area contributed by atoms with Crippen molar-refractivity contribution in [3.05, 3.63) is 23.8 Å². The number of ether oxygens (including phenoxy) is 2. The highest BCUT2D eigenvalue weighted by Gasteiger charge is 2.78. The highest BCUT2D eigenvalue weighted by atomic mass is 19.1. The molecule has 0 unspecified atom stereocenters. The van der Waals surface area contributed by atoms with Gasteiger partial charge in [0.05, 0.1) is 6.10 Å². The molecule has 5 rings (SSSR count). The molecule has 0 radical (unpaired) electrons. The molecule has 7 heteroatoms. The lowest BCUT2D eigenvalue weighted by Gasteiger charge is -2.62. The van der Waals surface area contributed by atoms with Gasteiger partial charge in [0.1, 0.15) is 6.17 Å². The zero-order chi connectivity index (χ0) is 21.0. The zero-order valence-electron chi connectivity index (χ0n) is 16.8. The predicted octanol–water partition coefficient (Wildman–Crippen LogP) is 2.82. The Balaban J connectivity index is 1.66. The Kier molecular flexibility index (Phi) is 3.71. The molecule has 0 aromatic rings. The van der Waals surface area contributed by atoms with Crippen LogP contribution in [0.2, 0.25) is 0 Å². The van der Waals surface area contributed by atoms with Gasteiger partial charge in [-0.05, 0) is 55.7 Å². The van der Waals surface area contributed by atoms with Crippen LogP contribution in [0.4, 0.5) is 8.78 Å². The van der Waals surface area contributed by atoms with Crippen LogP contribution in [0.1, 0.15) is 40.0 Å². The van der Waals surface area contributed by atoms with Crippen molar-refractivity contribution in [1.29, 1.82) is 0 Å². The quantitative estimate of drug-likeness (QED) is 0.624. The molecule has 3 saturated carbocycles. The minimum absolute atomic E-state index is 0.00567. The van der Waals surface area contributed by atoms with Crippen molar-refractivity contribution < 1.29 is 33.0 Å². The molecule has 29 heavy (non-hydrogen) atoms. The van der Waals surface area contributed by atoms with Crippen molar-refractivity contribution in [2.24, 2.45) is 28.6 Å². The van der Waals surface area contributed by atoms with Crippen molar-refractivity contribution in [3.63, 3.8) is 0 Å². The SMILES string of the molecule is C[C@@H]1C[C@H]2[C@@H]3C[C@H](F)C4=CC(=O)C=C[C@]4(C)[C@@]3(F)[C@@H](O)C[C@]2(C)[C@]12OCOC2=O. The molecule has 1 N–H and O–H groups in total. The molecule has 1 aliphatic heterocycles. The van der Waals surface area contributed by atoms with Crippen LogP contribution in [-0.2, 0) is 19.1 Å². The highest BCUT2D eigenvalue weighted by Crippen LogP contribution is 2.72. The summed E-state index contributed by atoms with van der Waals surface area (Å²) < 4.78 is 43.3. The van der Waals surface area contributed by atoms with Gasteiger partial charge < -0.3 is 14.6 Å². The number of allylic oxidation sites excluding steroid dienone is 4. The number of carbonyl (C=O) groups excluding carboxylic acids is 2. The number of halogens is 2. The second-order valence-electron chi connectivity index (χ2n) is 9.93. The molecule has 9 atom stereocenters. The van der Waals surface area contributed by atoms with E-state index < -0.39 is 46.3 Å². The summed E-state index contributed by atoms with van der Waals surface area (Å²) in [6.07, 6.45) is 1.30. The van der Waals surface area contributed by atoms with Gasteiger partial charge in [-0.15, -0.1) is 0 Å². The van der Waals surface area contributed by atoms with E-state index in [1.54, 1.807) is 6.92 Å². The average molecular weight is 408 g/mol. The van der Waals surface area contributed by atoms with Gasteiger partial charge in [-0.25, -0.2) is 13.6 Å². The van der Waals surface area contributed by atoms with Crippen LogP contribution < -0.4 is 0 Å². The fourth-order valence-corrected chi connectivity index (χ4v) is 7.61. The first kappa shape index (κ1) is 19.4. The van der Waals surface area contributed by atoms with Gasteiger partial charge in [-0.1, -0.05) is 19.9 Å². The van der Waals surface area contributed by atoms with Crippen LogP contribution in [0.25, 0.3) is 0 Å². The summed E-state index contributed by atoms with van der Waals surface area (Å²) in [6.45, 7) is 5.14. The monoisotopic (exact) mass is 408 g/mol. The fourth-order valence-electron chi connectivity index (χ4n) is 7.61. The van der Waals surface area contributed by atoms with E-state index >= 15 is 8.78 Å². The second kappa shape index (κ2) is 5.55. The third-order valence-electron chi connectivity index (χ3n) is 8.95. The van der Waals surface area contributed by atoms with E-state index in [4.69, 9.17) is 9.47 Å². The van der Waals surface area contributed by atoms with E-state index in [1.807, 2.05) is 13.8 Å². The largest absolute Gasteiger partial charge is 0.436 e. The van der Waals surface area contributed by atoms with Crippen LogP contribution in [0.5, 0.6) is 0 Å². The molecular weight excluding hydrogens is 382 g/mol. The van der Waals surface area contributed by atoms with Crippen LogP contribution in [-0.4, -0.2) is 47.2 Å². The van der Waals surface area contributed by atoms with E-state index in [9.17, 15) is 14.7 Å². The normalized spacial score (nSPS) is 55.9. The van der Waals surface area contributed by atoms with Gasteiger partial charge in [0.25, 0.3) is 0 Å². The molecule has 0 aromatic heterocycles. The maximum absolute atomic E-state index is 17.0. The van der Waals surface area contributed by atoms with E-state index in [0.717, 1.165) is 0 Å². The lowest BCUT2D eigenvalue weighted by molar-refractivity contribution is -0.224. The summed E-state index contributed by atoms with van der Waals surface area (Å²) in [5.74, 6) is -2.26. The highest BCUT2D eigenvalue weighted by molar-refractivity contribution is 6.01. The standard InChI is InChI=1S/C22H26F2O5/c1-11-6-13-14-8-16(23)15-7-12(25)4-5-19(15,2)21(14,24)17(26)9-20(13,3)22(11)18(27)28-10-29-22/h4-5,7,11,13-14,16-17,26H,6,8-10H2,1-3H3/t11-,13+,14+,16+,17+,19+,20+,21+,22+/m1/s1. The minimum Gasteiger partial charge on any atom is -0.436 e. The Labute approximate surface area is 168 Å². The third kappa shape index (κ3) is 1.92. The maximum Gasteiger partial charge on any atom is 0.341 e. The summed E-state index contributed by atoms with van der Waals surface area (Å²) in [5, 5.41) is 11.2. The van der Waals surface area contributed by atoms with Gasteiger partial charge in [0, 0.05) is 16.7 Å². The number of alkyl halides is 2. The van der Waals surface area contributed by atoms with Crippen molar-refractivity contribution in [1.82, 2.24) is 0 Å². The second-order valence-corrected chi connectivity index (χ2v) is 9.93. The number of rotatable bonds is 0. The van der Waals surface area contributed by atoms with Crippen LogP contribution >= 0.6 is 0 Å². The summed E-state index contributed by atoms with van der Waals surface area (Å²) >= 11 is 0. The van der Waals surface area contributed by atoms with E-state index in [0.29, 0.717) is 6.42 Å². The Morgan fingerprint density at radius 1 is 1.21 bits per heavy atom. The Hall–Kier alpha value is -1.60. The van der Waals surface area contributed by atoms with Crippen molar-refractivity contribution in [2.75, 3.05) is 6.79 Å². The third-order valence-corrected chi connectivity index (χ3v) is 8.95. The molecule has 0 bridgehead atoms. The number of aliphatic hydroxyl groups excluding tert-OH is 1. The van der Waals surface area contributed by atoms with Gasteiger partial charge in [-0.3, -0.25) is 4.79 Å². The van der Waals surface area contributed by atoms with Gasteiger partial charge in [0.15, 0.2) is 23.8 Å². The summed E-state index contributed by atoms with van der Waals surface area (Å²) in [5.41, 5.74) is -5.58. The molecule has 1 spiro atoms. The molecule has 0 aromatic carbocycles. The number of cyclic esters (lactones) is 1. The van der Waals surface area contributed by atoms with Crippen LogP contribution in [0, 0.1) is 28.6 Å². The predicted molar refractivity (Wildman–Crippen MR) is 98.0 cm³/mol. The molecule has 5 aliphatic rings. The fraction of sp³-hybridized carbons (Fsp3) is 0.727. The van der Waals surface area contributed by atoms with Gasteiger partial charge in [-0.2, -0.15) is 0 Å². The van der Waals surface area contributed by atoms with Crippen molar-refractivity contribution in [2.45, 2.75) is 63.6 Å². The first-order chi connectivity index (χ1) is 13.5. The Morgan fingerprint density at radius 2 is 1.93 bits per heavy atom. The van der Waals surface area contributed by atoms with E-state index in [1.165, 1.54) is 18.2 Å². The lowest BCUT2D eigenvalue weighted by Crippen LogP contribution is -2.70. The zero-order valence-corrected chi connectivity index (χ0v) is 16.8. The Bertz CT molecular complexity index is 869. The topological polar surface area (TPSA) is 72.8 Å². The number of hydrogen-bond donors (Lipinski definition) is 1. The van der Waals surface area contributed by atoms with Gasteiger partial charge >= 0.3 is 5.97 Å². The number of esters is 1. The average Bonchev–Trinajstić information content (AvgIpc) is 3.15. The first-order valence-electron chi connectivity index (χ1n) is 10.3. The number of fused-ring (bicyclic) bond motifs is 6. The first-order valence-corrected chi connectivity index (χ1v) is 10.3.